The number of benzene rings is 3. The van der Waals surface area contributed by atoms with Crippen LogP contribution in [0, 0.1) is 13.8 Å². The topological polar surface area (TPSA) is 39.4 Å². The minimum atomic E-state index is -0.373. The van der Waals surface area contributed by atoms with Crippen molar-refractivity contribution in [3.05, 3.63) is 105 Å². The number of aryl methyl sites for hydroxylation is 2. The van der Waals surface area contributed by atoms with E-state index in [1.54, 1.807) is 0 Å². The number of ether oxygens (including phenoxy) is 1. The van der Waals surface area contributed by atoms with Crippen LogP contribution in [0.3, 0.4) is 0 Å². The van der Waals surface area contributed by atoms with Crippen LogP contribution in [0.15, 0.2) is 82.0 Å². The molecule has 0 aliphatic rings. The second-order valence-electron chi connectivity index (χ2n) is 7.37. The minimum Gasteiger partial charge on any atom is -0.457 e. The van der Waals surface area contributed by atoms with Crippen molar-refractivity contribution >= 4 is 11.0 Å². The Hall–Kier alpha value is -3.17. The molecule has 0 saturated heterocycles. The van der Waals surface area contributed by atoms with Crippen molar-refractivity contribution in [1.29, 1.82) is 0 Å². The lowest BCUT2D eigenvalue weighted by Crippen LogP contribution is -2.14. The molecule has 29 heavy (non-hydrogen) atoms. The molecule has 146 valence electrons. The summed E-state index contributed by atoms with van der Waals surface area (Å²) in [4.78, 5) is 13.6. The quantitative estimate of drug-likeness (QED) is 0.402. The minimum absolute atomic E-state index is 0.0104. The molecule has 0 N–H and O–H groups in total. The molecule has 3 nitrogen and oxygen atoms in total. The average Bonchev–Trinajstić information content (AvgIpc) is 2.73. The molecule has 0 aliphatic heterocycles. The highest BCUT2D eigenvalue weighted by Gasteiger charge is 2.23. The summed E-state index contributed by atoms with van der Waals surface area (Å²) in [5.74, 6) is 0.568. The van der Waals surface area contributed by atoms with Gasteiger partial charge in [0, 0.05) is 0 Å². The van der Waals surface area contributed by atoms with Crippen LogP contribution in [0.2, 0.25) is 0 Å². The first-order chi connectivity index (χ1) is 14.1. The fourth-order valence-electron chi connectivity index (χ4n) is 3.69. The molecular weight excluding hydrogens is 360 g/mol. The maximum atomic E-state index is 13.6. The first kappa shape index (κ1) is 19.2. The Balaban J connectivity index is 1.87. The third-order valence-corrected chi connectivity index (χ3v) is 5.28. The van der Waals surface area contributed by atoms with Crippen molar-refractivity contribution in [1.82, 2.24) is 0 Å². The van der Waals surface area contributed by atoms with E-state index in [0.717, 1.165) is 22.3 Å². The predicted octanol–water partition coefficient (Wildman–Crippen LogP) is 6.35. The van der Waals surface area contributed by atoms with Crippen LogP contribution in [0.5, 0.6) is 0 Å². The maximum Gasteiger partial charge on any atom is 0.201 e. The van der Waals surface area contributed by atoms with Gasteiger partial charge < -0.3 is 9.15 Å². The van der Waals surface area contributed by atoms with Crippen LogP contribution in [0.4, 0.5) is 0 Å². The summed E-state index contributed by atoms with van der Waals surface area (Å²) in [6, 6.07) is 23.6. The highest BCUT2D eigenvalue weighted by Crippen LogP contribution is 2.33. The fourth-order valence-corrected chi connectivity index (χ4v) is 3.69. The normalized spacial score (nSPS) is 12.2. The van der Waals surface area contributed by atoms with E-state index in [1.165, 1.54) is 0 Å². The fraction of sp³-hybridized carbons (Fsp3) is 0.192. The van der Waals surface area contributed by atoms with Gasteiger partial charge in [-0.1, -0.05) is 66.7 Å². The molecule has 1 unspecified atom stereocenters. The molecule has 3 aromatic carbocycles. The highest BCUT2D eigenvalue weighted by molar-refractivity contribution is 5.86. The van der Waals surface area contributed by atoms with Crippen LogP contribution in [-0.2, 0) is 11.3 Å². The molecule has 1 heterocycles. The summed E-state index contributed by atoms with van der Waals surface area (Å²) in [6.45, 7) is 6.33. The van der Waals surface area contributed by atoms with Gasteiger partial charge in [-0.3, -0.25) is 4.79 Å². The van der Waals surface area contributed by atoms with Gasteiger partial charge in [0.2, 0.25) is 5.43 Å². The number of hydrogen-bond acceptors (Lipinski definition) is 3. The number of fused-ring (bicyclic) bond motifs is 1. The molecule has 0 amide bonds. The van der Waals surface area contributed by atoms with Gasteiger partial charge in [-0.15, -0.1) is 0 Å². The third kappa shape index (κ3) is 3.74. The second-order valence-corrected chi connectivity index (χ2v) is 7.37. The summed E-state index contributed by atoms with van der Waals surface area (Å²) >= 11 is 0. The molecule has 0 saturated carbocycles. The van der Waals surface area contributed by atoms with Gasteiger partial charge in [0.25, 0.3) is 0 Å². The molecule has 1 atom stereocenters. The lowest BCUT2D eigenvalue weighted by atomic mass is 9.95. The number of rotatable bonds is 5. The smallest absolute Gasteiger partial charge is 0.201 e. The van der Waals surface area contributed by atoms with Gasteiger partial charge in [0.1, 0.15) is 17.4 Å². The molecule has 1 aromatic heterocycles. The molecule has 4 rings (SSSR count). The second kappa shape index (κ2) is 8.06. The summed E-state index contributed by atoms with van der Waals surface area (Å²) in [6.07, 6.45) is -0.373. The molecule has 0 radical (unpaired) electrons. The third-order valence-electron chi connectivity index (χ3n) is 5.28. The van der Waals surface area contributed by atoms with Crippen molar-refractivity contribution in [3.63, 3.8) is 0 Å². The Bertz CT molecular complexity index is 1210. The lowest BCUT2D eigenvalue weighted by Gasteiger charge is -2.18. The Morgan fingerprint density at radius 2 is 1.55 bits per heavy atom. The van der Waals surface area contributed by atoms with E-state index in [-0.39, 0.29) is 11.5 Å². The summed E-state index contributed by atoms with van der Waals surface area (Å²) in [7, 11) is 0. The van der Waals surface area contributed by atoms with Gasteiger partial charge in [-0.25, -0.2) is 0 Å². The Morgan fingerprint density at radius 3 is 2.31 bits per heavy atom. The molecule has 0 aliphatic carbocycles. The SMILES string of the molecule is Cc1ccccc1-c1c(C(C)OCc2ccccc2)oc2cccc(C)c2c1=O. The van der Waals surface area contributed by atoms with Crippen molar-refractivity contribution in [2.75, 3.05) is 0 Å². The molecule has 4 aromatic rings. The predicted molar refractivity (Wildman–Crippen MR) is 117 cm³/mol. The molecular formula is C26H24O3. The molecule has 0 spiro atoms. The van der Waals surface area contributed by atoms with Crippen molar-refractivity contribution in [2.45, 2.75) is 33.5 Å². The van der Waals surface area contributed by atoms with E-state index in [4.69, 9.17) is 9.15 Å². The van der Waals surface area contributed by atoms with Crippen LogP contribution < -0.4 is 5.43 Å². The van der Waals surface area contributed by atoms with Crippen LogP contribution >= 0.6 is 0 Å². The molecule has 0 fully saturated rings. The van der Waals surface area contributed by atoms with Crippen molar-refractivity contribution in [3.8, 4) is 11.1 Å². The first-order valence-corrected chi connectivity index (χ1v) is 9.84. The average molecular weight is 384 g/mol. The van der Waals surface area contributed by atoms with Gasteiger partial charge in [0.15, 0.2) is 0 Å². The largest absolute Gasteiger partial charge is 0.457 e. The summed E-state index contributed by atoms with van der Waals surface area (Å²) in [5, 5.41) is 0.629. The Kier molecular flexibility index (Phi) is 5.32. The van der Waals surface area contributed by atoms with E-state index in [0.29, 0.717) is 28.9 Å². The van der Waals surface area contributed by atoms with Crippen LogP contribution in [0.1, 0.15) is 35.5 Å². The van der Waals surface area contributed by atoms with E-state index >= 15 is 0 Å². The lowest BCUT2D eigenvalue weighted by molar-refractivity contribution is 0.0389. The Morgan fingerprint density at radius 1 is 0.862 bits per heavy atom. The summed E-state index contributed by atoms with van der Waals surface area (Å²) < 4.78 is 12.4. The standard InChI is InChI=1S/C26H24O3/c1-17-10-7-8-14-21(17)24-25(27)23-18(2)11-9-15-22(23)29-26(24)19(3)28-16-20-12-5-4-6-13-20/h4-15,19H,16H2,1-3H3. The zero-order valence-electron chi connectivity index (χ0n) is 16.9. The van der Waals surface area contributed by atoms with E-state index in [9.17, 15) is 4.79 Å². The first-order valence-electron chi connectivity index (χ1n) is 9.84. The van der Waals surface area contributed by atoms with Gasteiger partial charge in [-0.2, -0.15) is 0 Å². The van der Waals surface area contributed by atoms with E-state index in [1.807, 2.05) is 93.6 Å². The Labute approximate surface area is 170 Å². The van der Waals surface area contributed by atoms with Gasteiger partial charge >= 0.3 is 0 Å². The zero-order chi connectivity index (χ0) is 20.4. The van der Waals surface area contributed by atoms with Crippen LogP contribution in [0.25, 0.3) is 22.1 Å². The molecule has 3 heteroatoms. The van der Waals surface area contributed by atoms with Crippen molar-refractivity contribution < 1.29 is 9.15 Å². The highest BCUT2D eigenvalue weighted by atomic mass is 16.5. The van der Waals surface area contributed by atoms with E-state index < -0.39 is 0 Å². The van der Waals surface area contributed by atoms with Crippen molar-refractivity contribution in [2.24, 2.45) is 0 Å². The monoisotopic (exact) mass is 384 g/mol. The maximum absolute atomic E-state index is 13.6. The number of hydrogen-bond donors (Lipinski definition) is 0. The van der Waals surface area contributed by atoms with E-state index in [2.05, 4.69) is 0 Å². The molecule has 0 bridgehead atoms. The summed E-state index contributed by atoms with van der Waals surface area (Å²) in [5.41, 5.74) is 5.08. The van der Waals surface area contributed by atoms with Gasteiger partial charge in [-0.05, 0) is 49.1 Å². The van der Waals surface area contributed by atoms with Crippen LogP contribution in [-0.4, -0.2) is 0 Å². The van der Waals surface area contributed by atoms with Gasteiger partial charge in [0.05, 0.1) is 17.6 Å². The zero-order valence-corrected chi connectivity index (χ0v) is 16.9.